The zero-order valence-corrected chi connectivity index (χ0v) is 17.2. The van der Waals surface area contributed by atoms with Crippen molar-refractivity contribution < 1.29 is 0 Å². The molecule has 0 saturated carbocycles. The van der Waals surface area contributed by atoms with Crippen LogP contribution in [0.5, 0.6) is 0 Å². The summed E-state index contributed by atoms with van der Waals surface area (Å²) in [4.78, 5) is 0. The van der Waals surface area contributed by atoms with Crippen LogP contribution in [0.25, 0.3) is 0 Å². The summed E-state index contributed by atoms with van der Waals surface area (Å²) >= 11 is 0. The van der Waals surface area contributed by atoms with Gasteiger partial charge < -0.3 is 0 Å². The first kappa shape index (κ1) is 20.5. The third kappa shape index (κ3) is 5.23. The Kier molecular flexibility index (Phi) is 7.73. The first-order chi connectivity index (χ1) is 11.2. The zero-order chi connectivity index (χ0) is 18.4. The van der Waals surface area contributed by atoms with Gasteiger partial charge in [0.1, 0.15) is 0 Å². The van der Waals surface area contributed by atoms with Gasteiger partial charge in [0.05, 0.1) is 0 Å². The molecular weight excluding hydrogens is 288 g/mol. The van der Waals surface area contributed by atoms with E-state index in [-0.39, 0.29) is 0 Å². The highest BCUT2D eigenvalue weighted by Gasteiger charge is 2.15. The van der Waals surface area contributed by atoms with Crippen LogP contribution in [0.2, 0.25) is 0 Å². The van der Waals surface area contributed by atoms with Gasteiger partial charge in [-0.25, -0.2) is 0 Å². The Labute approximate surface area is 150 Å². The monoisotopic (exact) mass is 324 g/mol. The molecule has 0 aliphatic heterocycles. The lowest BCUT2D eigenvalue weighted by molar-refractivity contribution is 0.748. The third-order valence-electron chi connectivity index (χ3n) is 4.87. The minimum atomic E-state index is 0.626. The van der Waals surface area contributed by atoms with Gasteiger partial charge in [-0.05, 0) is 71.9 Å². The normalized spacial score (nSPS) is 11.0. The molecule has 2 aromatic carbocycles. The van der Waals surface area contributed by atoms with Gasteiger partial charge in [-0.2, -0.15) is 0 Å². The molecule has 0 aliphatic rings. The molecule has 0 radical (unpaired) electrons. The van der Waals surface area contributed by atoms with Crippen LogP contribution < -0.4 is 0 Å². The largest absolute Gasteiger partial charge is 0.0617 e. The Morgan fingerprint density at radius 2 is 0.917 bits per heavy atom. The average molecular weight is 325 g/mol. The Morgan fingerprint density at radius 1 is 0.542 bits per heavy atom. The van der Waals surface area contributed by atoms with E-state index >= 15 is 0 Å². The summed E-state index contributed by atoms with van der Waals surface area (Å²) in [5, 5.41) is 0. The van der Waals surface area contributed by atoms with Gasteiger partial charge in [-0.1, -0.05) is 77.9 Å². The summed E-state index contributed by atoms with van der Waals surface area (Å²) in [6, 6.07) is 13.1. The quantitative estimate of drug-likeness (QED) is 0.543. The van der Waals surface area contributed by atoms with Crippen molar-refractivity contribution in [3.63, 3.8) is 0 Å². The van der Waals surface area contributed by atoms with E-state index in [1.54, 1.807) is 5.56 Å². The van der Waals surface area contributed by atoms with Gasteiger partial charge in [-0.3, -0.25) is 0 Å². The lowest BCUT2D eigenvalue weighted by Crippen LogP contribution is -2.04. The Balaban J connectivity index is 0.000000272. The molecule has 0 aliphatic carbocycles. The predicted octanol–water partition coefficient (Wildman–Crippen LogP) is 7.67. The zero-order valence-electron chi connectivity index (χ0n) is 17.2. The highest BCUT2D eigenvalue weighted by Crippen LogP contribution is 2.32. The molecule has 0 heterocycles. The van der Waals surface area contributed by atoms with E-state index < -0.39 is 0 Å². The van der Waals surface area contributed by atoms with Gasteiger partial charge in [0.15, 0.2) is 0 Å². The molecule has 0 atom stereocenters. The van der Waals surface area contributed by atoms with Crippen LogP contribution in [-0.4, -0.2) is 0 Å². The summed E-state index contributed by atoms with van der Waals surface area (Å²) < 4.78 is 0. The van der Waals surface area contributed by atoms with Crippen molar-refractivity contribution in [2.45, 2.75) is 80.1 Å². The maximum atomic E-state index is 2.30. The number of hydrogen-bond acceptors (Lipinski definition) is 0. The second-order valence-electron chi connectivity index (χ2n) is 7.83. The fourth-order valence-corrected chi connectivity index (χ4v) is 3.17. The van der Waals surface area contributed by atoms with Crippen LogP contribution in [-0.2, 0) is 0 Å². The van der Waals surface area contributed by atoms with Crippen molar-refractivity contribution in [3.8, 4) is 0 Å². The molecule has 132 valence electrons. The molecule has 0 bridgehead atoms. The van der Waals surface area contributed by atoms with E-state index in [0.717, 1.165) is 0 Å². The summed E-state index contributed by atoms with van der Waals surface area (Å²) in [6.45, 7) is 20.2. The highest BCUT2D eigenvalue weighted by molar-refractivity contribution is 5.41. The minimum Gasteiger partial charge on any atom is -0.0617 e. The molecule has 0 aromatic heterocycles. The van der Waals surface area contributed by atoms with Crippen molar-refractivity contribution in [2.75, 3.05) is 0 Å². The van der Waals surface area contributed by atoms with Crippen LogP contribution in [0.1, 0.15) is 92.7 Å². The number of hydrogen-bond donors (Lipinski definition) is 0. The number of rotatable bonds is 3. The van der Waals surface area contributed by atoms with E-state index in [1.807, 2.05) is 0 Å². The van der Waals surface area contributed by atoms with Crippen LogP contribution in [0.3, 0.4) is 0 Å². The van der Waals surface area contributed by atoms with Crippen molar-refractivity contribution in [3.05, 3.63) is 69.8 Å². The summed E-state index contributed by atoms with van der Waals surface area (Å²) in [6.07, 6.45) is 0. The van der Waals surface area contributed by atoms with E-state index in [9.17, 15) is 0 Å². The maximum Gasteiger partial charge on any atom is -0.0213 e. The first-order valence-corrected chi connectivity index (χ1v) is 9.32. The van der Waals surface area contributed by atoms with E-state index in [0.29, 0.717) is 17.8 Å². The third-order valence-corrected chi connectivity index (χ3v) is 4.87. The fraction of sp³-hybridized carbons (Fsp3) is 0.500. The van der Waals surface area contributed by atoms with Crippen LogP contribution in [0.4, 0.5) is 0 Å². The second-order valence-corrected chi connectivity index (χ2v) is 7.83. The Hall–Kier alpha value is -1.56. The topological polar surface area (TPSA) is 0 Å². The van der Waals surface area contributed by atoms with Gasteiger partial charge in [-0.15, -0.1) is 0 Å². The van der Waals surface area contributed by atoms with Gasteiger partial charge in [0.2, 0.25) is 0 Å². The minimum absolute atomic E-state index is 0.626. The number of benzene rings is 2. The van der Waals surface area contributed by atoms with E-state index in [2.05, 4.69) is 98.7 Å². The molecule has 0 fully saturated rings. The Bertz CT molecular complexity index is 599. The van der Waals surface area contributed by atoms with Crippen LogP contribution in [0, 0.1) is 20.8 Å². The van der Waals surface area contributed by atoms with Crippen molar-refractivity contribution >= 4 is 0 Å². The lowest BCUT2D eigenvalue weighted by Gasteiger charge is -2.22. The molecule has 0 unspecified atom stereocenters. The highest BCUT2D eigenvalue weighted by atomic mass is 14.2. The average Bonchev–Trinajstić information content (AvgIpc) is 2.52. The summed E-state index contributed by atoms with van der Waals surface area (Å²) in [7, 11) is 0. The first-order valence-electron chi connectivity index (χ1n) is 9.32. The molecule has 0 amide bonds. The molecule has 0 spiro atoms. The lowest BCUT2D eigenvalue weighted by atomic mass is 9.83. The van der Waals surface area contributed by atoms with Crippen LogP contribution >= 0.6 is 0 Å². The molecular formula is C24H36. The number of aryl methyl sites for hydroxylation is 2. The summed E-state index contributed by atoms with van der Waals surface area (Å²) in [5.74, 6) is 1.88. The van der Waals surface area contributed by atoms with Gasteiger partial charge >= 0.3 is 0 Å². The van der Waals surface area contributed by atoms with E-state index in [4.69, 9.17) is 0 Å². The molecule has 24 heavy (non-hydrogen) atoms. The smallest absolute Gasteiger partial charge is 0.0213 e. The molecule has 2 rings (SSSR count). The summed E-state index contributed by atoms with van der Waals surface area (Å²) in [5.41, 5.74) is 8.80. The van der Waals surface area contributed by atoms with Crippen molar-refractivity contribution in [2.24, 2.45) is 0 Å². The maximum absolute atomic E-state index is 2.30. The standard InChI is InChI=1S/C15H24.C9H12/c1-10(2)13-8-7-9-14(11(3)4)15(13)12(5)6;1-7-5-4-6-8(2)9(7)3/h7-12H,1-6H3;4-6H,1-3H3. The second kappa shape index (κ2) is 9.06. The fourth-order valence-electron chi connectivity index (χ4n) is 3.17. The molecule has 2 aromatic rings. The molecule has 0 saturated heterocycles. The SMILES string of the molecule is CC(C)c1cccc(C(C)C)c1C(C)C.Cc1cccc(C)c1C. The molecule has 0 N–H and O–H groups in total. The Morgan fingerprint density at radius 3 is 1.21 bits per heavy atom. The molecule has 0 nitrogen and oxygen atoms in total. The van der Waals surface area contributed by atoms with Gasteiger partial charge in [0.25, 0.3) is 0 Å². The van der Waals surface area contributed by atoms with Crippen molar-refractivity contribution in [1.29, 1.82) is 0 Å². The van der Waals surface area contributed by atoms with Gasteiger partial charge in [0, 0.05) is 0 Å². The van der Waals surface area contributed by atoms with E-state index in [1.165, 1.54) is 27.8 Å². The predicted molar refractivity (Wildman–Crippen MR) is 109 cm³/mol. The van der Waals surface area contributed by atoms with Crippen molar-refractivity contribution in [1.82, 2.24) is 0 Å². The van der Waals surface area contributed by atoms with Crippen LogP contribution in [0.15, 0.2) is 36.4 Å². The molecule has 0 heteroatoms.